The molecule has 1 aliphatic heterocycles. The molecule has 0 fully saturated rings. The summed E-state index contributed by atoms with van der Waals surface area (Å²) in [5.41, 5.74) is 4.50. The van der Waals surface area contributed by atoms with Gasteiger partial charge in [-0.15, -0.1) is 0 Å². The van der Waals surface area contributed by atoms with Crippen molar-refractivity contribution < 1.29 is 4.43 Å². The van der Waals surface area contributed by atoms with Crippen LogP contribution in [0.1, 0.15) is 36.5 Å². The Balaban J connectivity index is 2.46. The maximum absolute atomic E-state index is 6.03. The molecule has 2 rings (SSSR count). The van der Waals surface area contributed by atoms with Crippen molar-refractivity contribution in [2.24, 2.45) is 0 Å². The summed E-state index contributed by atoms with van der Waals surface area (Å²) < 4.78 is 6.03. The molecule has 16 heavy (non-hydrogen) atoms. The average Bonchev–Trinajstić information content (AvgIpc) is 2.54. The Labute approximate surface area is 100.0 Å². The zero-order chi connectivity index (χ0) is 11.8. The molecule has 0 saturated heterocycles. The first-order valence-corrected chi connectivity index (χ1v) is 9.23. The summed E-state index contributed by atoms with van der Waals surface area (Å²) in [7, 11) is -1.59. The maximum atomic E-state index is 6.03. The van der Waals surface area contributed by atoms with Crippen molar-refractivity contribution in [3.8, 4) is 0 Å². The summed E-state index contributed by atoms with van der Waals surface area (Å²) in [5.74, 6) is 0. The van der Waals surface area contributed by atoms with Crippen LogP contribution in [0.2, 0.25) is 13.1 Å². The number of aryl methyl sites for hydroxylation is 1. The van der Waals surface area contributed by atoms with Gasteiger partial charge in [0.15, 0.2) is 0 Å². The lowest BCUT2D eigenvalue weighted by molar-refractivity contribution is 0.320. The van der Waals surface area contributed by atoms with Gasteiger partial charge in [-0.3, -0.25) is 0 Å². The van der Waals surface area contributed by atoms with Crippen LogP contribution in [0.15, 0.2) is 12.1 Å². The molecule has 0 N–H and O–H groups in total. The molecule has 1 aliphatic rings. The van der Waals surface area contributed by atoms with Gasteiger partial charge in [-0.1, -0.05) is 25.5 Å². The normalized spacial score (nSPS) is 17.5. The topological polar surface area (TPSA) is 9.23 Å². The molecule has 0 aliphatic carbocycles. The number of hydrogen-bond acceptors (Lipinski definition) is 1. The van der Waals surface area contributed by atoms with E-state index in [2.05, 4.69) is 39.1 Å². The van der Waals surface area contributed by atoms with Crippen molar-refractivity contribution in [1.82, 2.24) is 0 Å². The second-order valence-electron chi connectivity index (χ2n) is 5.30. The first-order chi connectivity index (χ1) is 7.56. The van der Waals surface area contributed by atoms with Crippen molar-refractivity contribution in [3.05, 3.63) is 28.8 Å². The summed E-state index contributed by atoms with van der Waals surface area (Å²) in [4.78, 5) is 0. The highest BCUT2D eigenvalue weighted by atomic mass is 28.4. The fourth-order valence-corrected chi connectivity index (χ4v) is 5.32. The third kappa shape index (κ3) is 1.96. The lowest BCUT2D eigenvalue weighted by Gasteiger charge is -2.20. The van der Waals surface area contributed by atoms with Gasteiger partial charge in [0.25, 0.3) is 0 Å². The SMILES string of the molecule is CCCCc1c(C)ccc2c1[Si](C)(C)OC2. The van der Waals surface area contributed by atoms with Crippen LogP contribution in [0, 0.1) is 6.92 Å². The molecule has 0 aromatic heterocycles. The minimum absolute atomic E-state index is 0.841. The smallest absolute Gasteiger partial charge is 0.219 e. The van der Waals surface area contributed by atoms with Crippen LogP contribution in [0.4, 0.5) is 0 Å². The second-order valence-corrected chi connectivity index (χ2v) is 9.11. The molecule has 1 aromatic carbocycles. The van der Waals surface area contributed by atoms with E-state index >= 15 is 0 Å². The molecular formula is C14H22OSi. The molecule has 1 heterocycles. The van der Waals surface area contributed by atoms with E-state index in [1.807, 2.05) is 0 Å². The molecule has 1 aromatic rings. The van der Waals surface area contributed by atoms with Crippen molar-refractivity contribution >= 4 is 13.5 Å². The van der Waals surface area contributed by atoms with E-state index in [0.717, 1.165) is 6.61 Å². The highest BCUT2D eigenvalue weighted by molar-refractivity contribution is 6.85. The van der Waals surface area contributed by atoms with Crippen LogP contribution in [0.3, 0.4) is 0 Å². The van der Waals surface area contributed by atoms with E-state index < -0.39 is 8.32 Å². The highest BCUT2D eigenvalue weighted by Crippen LogP contribution is 2.24. The predicted octanol–water partition coefficient (Wildman–Crippen LogP) is 3.28. The van der Waals surface area contributed by atoms with E-state index in [4.69, 9.17) is 4.43 Å². The third-order valence-electron chi connectivity index (χ3n) is 3.60. The number of rotatable bonds is 3. The molecular weight excluding hydrogens is 212 g/mol. The molecule has 88 valence electrons. The average molecular weight is 234 g/mol. The van der Waals surface area contributed by atoms with Gasteiger partial charge in [-0.2, -0.15) is 0 Å². The van der Waals surface area contributed by atoms with E-state index in [9.17, 15) is 0 Å². The zero-order valence-corrected chi connectivity index (χ0v) is 11.9. The lowest BCUT2D eigenvalue weighted by Crippen LogP contribution is -2.42. The Bertz CT molecular complexity index is 396. The van der Waals surface area contributed by atoms with Crippen LogP contribution in [-0.2, 0) is 17.5 Å². The Morgan fingerprint density at radius 1 is 1.31 bits per heavy atom. The molecule has 1 nitrogen and oxygen atoms in total. The van der Waals surface area contributed by atoms with Crippen molar-refractivity contribution in [2.45, 2.75) is 52.8 Å². The van der Waals surface area contributed by atoms with E-state index in [-0.39, 0.29) is 0 Å². The molecule has 0 radical (unpaired) electrons. The highest BCUT2D eigenvalue weighted by Gasteiger charge is 2.36. The Kier molecular flexibility index (Phi) is 3.22. The molecule has 0 bridgehead atoms. The zero-order valence-electron chi connectivity index (χ0n) is 10.9. The van der Waals surface area contributed by atoms with Gasteiger partial charge in [-0.05, 0) is 54.7 Å². The fraction of sp³-hybridized carbons (Fsp3) is 0.571. The van der Waals surface area contributed by atoms with Gasteiger partial charge >= 0.3 is 0 Å². The number of benzene rings is 1. The Hall–Kier alpha value is -0.603. The minimum Gasteiger partial charge on any atom is -0.409 e. The van der Waals surface area contributed by atoms with Crippen LogP contribution < -0.4 is 5.19 Å². The summed E-state index contributed by atoms with van der Waals surface area (Å²) in [6, 6.07) is 4.53. The summed E-state index contributed by atoms with van der Waals surface area (Å²) in [5, 5.41) is 1.60. The molecule has 0 amide bonds. The fourth-order valence-electron chi connectivity index (χ4n) is 2.68. The van der Waals surface area contributed by atoms with Crippen LogP contribution >= 0.6 is 0 Å². The van der Waals surface area contributed by atoms with Gasteiger partial charge in [-0.25, -0.2) is 0 Å². The lowest BCUT2D eigenvalue weighted by atomic mass is 10.00. The van der Waals surface area contributed by atoms with Crippen LogP contribution in [0.5, 0.6) is 0 Å². The summed E-state index contributed by atoms with van der Waals surface area (Å²) in [6.07, 6.45) is 3.79. The Morgan fingerprint density at radius 3 is 2.75 bits per heavy atom. The second kappa shape index (κ2) is 4.34. The quantitative estimate of drug-likeness (QED) is 0.729. The monoisotopic (exact) mass is 234 g/mol. The van der Waals surface area contributed by atoms with Gasteiger partial charge < -0.3 is 4.43 Å². The predicted molar refractivity (Wildman–Crippen MR) is 71.7 cm³/mol. The molecule has 0 unspecified atom stereocenters. The maximum Gasteiger partial charge on any atom is 0.219 e. The van der Waals surface area contributed by atoms with Crippen molar-refractivity contribution in [1.29, 1.82) is 0 Å². The summed E-state index contributed by atoms with van der Waals surface area (Å²) >= 11 is 0. The van der Waals surface area contributed by atoms with Gasteiger partial charge in [0.05, 0.1) is 6.61 Å². The van der Waals surface area contributed by atoms with Gasteiger partial charge in [0.1, 0.15) is 0 Å². The van der Waals surface area contributed by atoms with E-state index in [1.54, 1.807) is 10.8 Å². The van der Waals surface area contributed by atoms with Crippen LogP contribution in [0.25, 0.3) is 0 Å². The first kappa shape index (κ1) is 11.9. The third-order valence-corrected chi connectivity index (χ3v) is 6.30. The van der Waals surface area contributed by atoms with Gasteiger partial charge in [0, 0.05) is 0 Å². The van der Waals surface area contributed by atoms with Gasteiger partial charge in [0.2, 0.25) is 8.32 Å². The molecule has 2 heteroatoms. The van der Waals surface area contributed by atoms with E-state index in [0.29, 0.717) is 0 Å². The minimum atomic E-state index is -1.59. The molecule has 0 atom stereocenters. The molecule has 0 saturated carbocycles. The Morgan fingerprint density at radius 2 is 2.06 bits per heavy atom. The van der Waals surface area contributed by atoms with Crippen molar-refractivity contribution in [2.75, 3.05) is 0 Å². The number of fused-ring (bicyclic) bond motifs is 1. The van der Waals surface area contributed by atoms with Crippen molar-refractivity contribution in [3.63, 3.8) is 0 Å². The van der Waals surface area contributed by atoms with Crippen LogP contribution in [-0.4, -0.2) is 8.32 Å². The van der Waals surface area contributed by atoms with E-state index in [1.165, 1.54) is 30.4 Å². The molecule has 0 spiro atoms. The largest absolute Gasteiger partial charge is 0.409 e. The number of hydrogen-bond donors (Lipinski definition) is 0. The summed E-state index contributed by atoms with van der Waals surface area (Å²) in [6.45, 7) is 10.0. The number of unbranched alkanes of at least 4 members (excludes halogenated alkanes) is 1. The standard InChI is InChI=1S/C14H22OSi/c1-5-6-7-13-11(2)8-9-12-10-15-16(3,4)14(12)13/h8-9H,5-7,10H2,1-4H3. The first-order valence-electron chi connectivity index (χ1n) is 6.32.